The molecular weight excluding hydrogens is 390 g/mol. The number of carboxylic acid groups (broad SMARTS) is 1. The molecule has 0 bridgehead atoms. The molecule has 0 spiro atoms. The number of nitrogens with two attached hydrogens (primary N) is 1. The molecule has 2 amide bonds. The van der Waals surface area contributed by atoms with E-state index in [9.17, 15) is 14.7 Å². The van der Waals surface area contributed by atoms with Gasteiger partial charge in [-0.1, -0.05) is 48.5 Å². The number of amides is 2. The number of benzene rings is 3. The summed E-state index contributed by atoms with van der Waals surface area (Å²) in [4.78, 5) is 26.3. The van der Waals surface area contributed by atoms with Gasteiger partial charge in [-0.25, -0.2) is 4.79 Å². The van der Waals surface area contributed by atoms with Crippen LogP contribution in [0.15, 0.2) is 72.8 Å². The predicted molar refractivity (Wildman–Crippen MR) is 124 cm³/mol. The number of hydrogen-bond acceptors (Lipinski definition) is 3. The highest BCUT2D eigenvalue weighted by molar-refractivity contribution is 6.07. The van der Waals surface area contributed by atoms with Crippen molar-refractivity contribution < 1.29 is 14.7 Å². The summed E-state index contributed by atoms with van der Waals surface area (Å²) in [7, 11) is 0. The number of anilines is 2. The van der Waals surface area contributed by atoms with Gasteiger partial charge in [-0.15, -0.1) is 0 Å². The van der Waals surface area contributed by atoms with Crippen LogP contribution in [0.3, 0.4) is 0 Å². The Bertz CT molecular complexity index is 1070. The molecule has 0 radical (unpaired) electrons. The zero-order valence-corrected chi connectivity index (χ0v) is 17.9. The summed E-state index contributed by atoms with van der Waals surface area (Å²) in [6, 6.07) is 22.1. The van der Waals surface area contributed by atoms with Gasteiger partial charge < -0.3 is 16.2 Å². The average molecular weight is 418 g/mol. The molecule has 0 aliphatic rings. The number of hydrogen-bond donors (Lipinski definition) is 3. The molecule has 0 saturated heterocycles. The Hall–Kier alpha value is -3.64. The van der Waals surface area contributed by atoms with Crippen molar-refractivity contribution in [2.45, 2.75) is 32.9 Å². The van der Waals surface area contributed by atoms with Gasteiger partial charge in [-0.05, 0) is 61.7 Å². The van der Waals surface area contributed by atoms with E-state index in [1.54, 1.807) is 36.4 Å². The van der Waals surface area contributed by atoms with Gasteiger partial charge in [0.2, 0.25) is 0 Å². The molecule has 6 nitrogen and oxygen atoms in total. The molecule has 6 heteroatoms. The zero-order chi connectivity index (χ0) is 22.6. The largest absolute Gasteiger partial charge is 0.465 e. The number of nitrogens with one attached hydrogen (secondary N) is 1. The van der Waals surface area contributed by atoms with Crippen LogP contribution in [0.4, 0.5) is 16.2 Å². The summed E-state index contributed by atoms with van der Waals surface area (Å²) in [6.45, 7) is 5.82. The predicted octanol–water partition coefficient (Wildman–Crippen LogP) is 5.35. The Morgan fingerprint density at radius 3 is 2.13 bits per heavy atom. The highest BCUT2D eigenvalue weighted by atomic mass is 16.4. The van der Waals surface area contributed by atoms with Crippen molar-refractivity contribution in [3.05, 3.63) is 83.9 Å². The van der Waals surface area contributed by atoms with Crippen LogP contribution >= 0.6 is 0 Å². The summed E-state index contributed by atoms with van der Waals surface area (Å²) in [5.74, 6) is -0.325. The molecule has 31 heavy (non-hydrogen) atoms. The monoisotopic (exact) mass is 417 g/mol. The minimum Gasteiger partial charge on any atom is -0.465 e. The Labute approximate surface area is 182 Å². The SMILES string of the molecule is CC(C)(C)N(C(=O)O)c1ccc(-c2ccccc2)cc1NC(=O)c1ccc(CN)cc1. The van der Waals surface area contributed by atoms with Gasteiger partial charge in [0.25, 0.3) is 5.91 Å². The molecule has 0 saturated carbocycles. The van der Waals surface area contributed by atoms with Crippen LogP contribution in [-0.2, 0) is 6.54 Å². The van der Waals surface area contributed by atoms with E-state index in [4.69, 9.17) is 5.73 Å². The van der Waals surface area contributed by atoms with Gasteiger partial charge in [0, 0.05) is 17.6 Å². The Balaban J connectivity index is 2.06. The van der Waals surface area contributed by atoms with Crippen LogP contribution in [-0.4, -0.2) is 22.6 Å². The summed E-state index contributed by atoms with van der Waals surface area (Å²) >= 11 is 0. The second-order valence-corrected chi connectivity index (χ2v) is 8.24. The van der Waals surface area contributed by atoms with Crippen molar-refractivity contribution in [3.63, 3.8) is 0 Å². The van der Waals surface area contributed by atoms with Crippen molar-refractivity contribution in [3.8, 4) is 11.1 Å². The molecule has 0 aliphatic heterocycles. The fourth-order valence-electron chi connectivity index (χ4n) is 3.38. The molecule has 0 aliphatic carbocycles. The van der Waals surface area contributed by atoms with Crippen LogP contribution in [0.2, 0.25) is 0 Å². The van der Waals surface area contributed by atoms with Gasteiger partial charge in [0.15, 0.2) is 0 Å². The maximum Gasteiger partial charge on any atom is 0.412 e. The minimum absolute atomic E-state index is 0.325. The van der Waals surface area contributed by atoms with Gasteiger partial charge >= 0.3 is 6.09 Å². The maximum atomic E-state index is 12.9. The smallest absolute Gasteiger partial charge is 0.412 e. The summed E-state index contributed by atoms with van der Waals surface area (Å²) in [5, 5.41) is 12.8. The van der Waals surface area contributed by atoms with Crippen molar-refractivity contribution >= 4 is 23.4 Å². The van der Waals surface area contributed by atoms with Crippen LogP contribution < -0.4 is 16.0 Å². The first-order valence-electron chi connectivity index (χ1n) is 10.0. The van der Waals surface area contributed by atoms with Crippen LogP contribution in [0.1, 0.15) is 36.7 Å². The third-order valence-electron chi connectivity index (χ3n) is 4.91. The molecule has 0 atom stereocenters. The lowest BCUT2D eigenvalue weighted by atomic mass is 10.0. The van der Waals surface area contributed by atoms with E-state index < -0.39 is 11.6 Å². The van der Waals surface area contributed by atoms with E-state index >= 15 is 0 Å². The van der Waals surface area contributed by atoms with Crippen molar-refractivity contribution in [2.75, 3.05) is 10.2 Å². The molecule has 3 aromatic carbocycles. The quantitative estimate of drug-likeness (QED) is 0.522. The van der Waals surface area contributed by atoms with Gasteiger partial charge in [-0.2, -0.15) is 0 Å². The molecule has 4 N–H and O–H groups in total. The van der Waals surface area contributed by atoms with Crippen LogP contribution in [0.5, 0.6) is 0 Å². The van der Waals surface area contributed by atoms with Gasteiger partial charge in [0.1, 0.15) is 0 Å². The number of carbonyl (C=O) groups is 2. The standard InChI is InChI=1S/C25H27N3O3/c1-25(2,3)28(24(30)31)22-14-13-20(18-7-5-4-6-8-18)15-21(22)27-23(29)19-11-9-17(16-26)10-12-19/h4-15H,16,26H2,1-3H3,(H,27,29)(H,30,31). The van der Waals surface area contributed by atoms with Crippen LogP contribution in [0, 0.1) is 0 Å². The lowest BCUT2D eigenvalue weighted by molar-refractivity contribution is 0.102. The number of rotatable bonds is 5. The second kappa shape index (κ2) is 9.02. The Morgan fingerprint density at radius 1 is 0.935 bits per heavy atom. The third kappa shape index (κ3) is 5.10. The summed E-state index contributed by atoms with van der Waals surface area (Å²) in [6.07, 6.45) is -1.09. The van der Waals surface area contributed by atoms with Crippen molar-refractivity contribution in [1.29, 1.82) is 0 Å². The van der Waals surface area contributed by atoms with E-state index in [0.717, 1.165) is 16.7 Å². The fourth-order valence-corrected chi connectivity index (χ4v) is 3.38. The molecule has 3 aromatic rings. The molecule has 3 rings (SSSR count). The van der Waals surface area contributed by atoms with Crippen molar-refractivity contribution in [1.82, 2.24) is 0 Å². The first kappa shape index (κ1) is 22.1. The van der Waals surface area contributed by atoms with E-state index in [2.05, 4.69) is 5.32 Å². The Kier molecular flexibility index (Phi) is 6.42. The van der Waals surface area contributed by atoms with E-state index in [1.165, 1.54) is 4.90 Å². The summed E-state index contributed by atoms with van der Waals surface area (Å²) < 4.78 is 0. The Morgan fingerprint density at radius 2 is 1.58 bits per heavy atom. The zero-order valence-electron chi connectivity index (χ0n) is 17.9. The molecule has 0 aromatic heterocycles. The molecule has 0 unspecified atom stereocenters. The van der Waals surface area contributed by atoms with Gasteiger partial charge in [0.05, 0.1) is 11.4 Å². The first-order valence-corrected chi connectivity index (χ1v) is 10.0. The molecular formula is C25H27N3O3. The summed E-state index contributed by atoms with van der Waals surface area (Å²) in [5.41, 5.74) is 8.99. The highest BCUT2D eigenvalue weighted by Crippen LogP contribution is 2.35. The van der Waals surface area contributed by atoms with E-state index in [-0.39, 0.29) is 5.91 Å². The molecule has 0 fully saturated rings. The fraction of sp³-hybridized carbons (Fsp3) is 0.200. The highest BCUT2D eigenvalue weighted by Gasteiger charge is 2.30. The lowest BCUT2D eigenvalue weighted by Crippen LogP contribution is -2.45. The maximum absolute atomic E-state index is 12.9. The topological polar surface area (TPSA) is 95.7 Å². The van der Waals surface area contributed by atoms with Crippen LogP contribution in [0.25, 0.3) is 11.1 Å². The third-order valence-corrected chi connectivity index (χ3v) is 4.91. The molecule has 160 valence electrons. The number of carbonyl (C=O) groups excluding carboxylic acids is 1. The minimum atomic E-state index is -1.09. The van der Waals surface area contributed by atoms with E-state index in [0.29, 0.717) is 23.5 Å². The molecule has 0 heterocycles. The first-order chi connectivity index (χ1) is 14.7. The van der Waals surface area contributed by atoms with Crippen molar-refractivity contribution in [2.24, 2.45) is 5.73 Å². The number of nitrogens with zero attached hydrogens (tertiary/aromatic N) is 1. The average Bonchev–Trinajstić information content (AvgIpc) is 2.74. The van der Waals surface area contributed by atoms with Gasteiger partial charge in [-0.3, -0.25) is 9.69 Å². The second-order valence-electron chi connectivity index (χ2n) is 8.24. The van der Waals surface area contributed by atoms with E-state index in [1.807, 2.05) is 57.2 Å². The lowest BCUT2D eigenvalue weighted by Gasteiger charge is -2.34. The normalized spacial score (nSPS) is 11.1.